The van der Waals surface area contributed by atoms with Gasteiger partial charge in [0, 0.05) is 25.2 Å². The first-order valence-corrected chi connectivity index (χ1v) is 7.81. The van der Waals surface area contributed by atoms with Crippen molar-refractivity contribution in [1.29, 1.82) is 0 Å². The highest BCUT2D eigenvalue weighted by Gasteiger charge is 2.24. The standard InChI is InChI=1S/C15H32N4/c1-6-16-15(18-13(4)5)17-10-14-8-7-9-19(14)11-12(2)3/h12-14H,6-11H2,1-5H3,(H2,16,17,18)/t14-/m1/s1. The van der Waals surface area contributed by atoms with Gasteiger partial charge in [-0.3, -0.25) is 9.89 Å². The zero-order valence-corrected chi connectivity index (χ0v) is 13.4. The average Bonchev–Trinajstić information content (AvgIpc) is 2.72. The molecule has 2 N–H and O–H groups in total. The van der Waals surface area contributed by atoms with Crippen LogP contribution in [-0.2, 0) is 0 Å². The minimum atomic E-state index is 0.424. The van der Waals surface area contributed by atoms with Gasteiger partial charge < -0.3 is 10.6 Å². The van der Waals surface area contributed by atoms with E-state index in [1.54, 1.807) is 0 Å². The van der Waals surface area contributed by atoms with Crippen LogP contribution in [0.2, 0.25) is 0 Å². The van der Waals surface area contributed by atoms with Crippen LogP contribution in [-0.4, -0.2) is 49.1 Å². The van der Waals surface area contributed by atoms with Gasteiger partial charge >= 0.3 is 0 Å². The van der Waals surface area contributed by atoms with Crippen molar-refractivity contribution in [2.75, 3.05) is 26.2 Å². The summed E-state index contributed by atoms with van der Waals surface area (Å²) in [6, 6.07) is 1.05. The lowest BCUT2D eigenvalue weighted by Crippen LogP contribution is -2.42. The van der Waals surface area contributed by atoms with Gasteiger partial charge in [-0.25, -0.2) is 0 Å². The maximum Gasteiger partial charge on any atom is 0.191 e. The largest absolute Gasteiger partial charge is 0.357 e. The summed E-state index contributed by atoms with van der Waals surface area (Å²) in [5.74, 6) is 1.69. The topological polar surface area (TPSA) is 39.7 Å². The van der Waals surface area contributed by atoms with Gasteiger partial charge in [-0.05, 0) is 46.1 Å². The molecule has 0 aromatic heterocycles. The third-order valence-corrected chi connectivity index (χ3v) is 3.33. The van der Waals surface area contributed by atoms with Crippen LogP contribution < -0.4 is 10.6 Å². The van der Waals surface area contributed by atoms with E-state index in [2.05, 4.69) is 50.2 Å². The van der Waals surface area contributed by atoms with Gasteiger partial charge in [0.2, 0.25) is 0 Å². The Balaban J connectivity index is 2.50. The summed E-state index contributed by atoms with van der Waals surface area (Å²) in [6.45, 7) is 15.3. The summed E-state index contributed by atoms with van der Waals surface area (Å²) in [5.41, 5.74) is 0. The van der Waals surface area contributed by atoms with E-state index in [-0.39, 0.29) is 0 Å². The van der Waals surface area contributed by atoms with Crippen molar-refractivity contribution in [3.8, 4) is 0 Å². The second-order valence-electron chi connectivity index (χ2n) is 6.20. The van der Waals surface area contributed by atoms with Gasteiger partial charge in [0.05, 0.1) is 6.54 Å². The van der Waals surface area contributed by atoms with Crippen LogP contribution in [0.15, 0.2) is 4.99 Å². The van der Waals surface area contributed by atoms with E-state index in [9.17, 15) is 0 Å². The molecule has 0 saturated carbocycles. The second kappa shape index (κ2) is 8.41. The average molecular weight is 268 g/mol. The Hall–Kier alpha value is -0.770. The number of nitrogens with one attached hydrogen (secondary N) is 2. The van der Waals surface area contributed by atoms with Crippen molar-refractivity contribution in [2.45, 2.75) is 59.5 Å². The van der Waals surface area contributed by atoms with Crippen molar-refractivity contribution in [1.82, 2.24) is 15.5 Å². The molecule has 1 aliphatic rings. The molecule has 0 aromatic carbocycles. The maximum atomic E-state index is 4.75. The first kappa shape index (κ1) is 16.3. The van der Waals surface area contributed by atoms with E-state index in [4.69, 9.17) is 4.99 Å². The highest BCUT2D eigenvalue weighted by Crippen LogP contribution is 2.18. The van der Waals surface area contributed by atoms with Crippen molar-refractivity contribution in [3.63, 3.8) is 0 Å². The Kier molecular flexibility index (Phi) is 7.21. The molecule has 1 fully saturated rings. The van der Waals surface area contributed by atoms with Crippen LogP contribution in [0, 0.1) is 5.92 Å². The van der Waals surface area contributed by atoms with E-state index < -0.39 is 0 Å². The minimum absolute atomic E-state index is 0.424. The normalized spacial score (nSPS) is 21.4. The van der Waals surface area contributed by atoms with Gasteiger partial charge in [0.15, 0.2) is 5.96 Å². The molecule has 0 amide bonds. The number of hydrogen-bond acceptors (Lipinski definition) is 2. The van der Waals surface area contributed by atoms with Crippen LogP contribution in [0.1, 0.15) is 47.5 Å². The number of rotatable bonds is 6. The van der Waals surface area contributed by atoms with Gasteiger partial charge in [0.1, 0.15) is 0 Å². The fourth-order valence-electron chi connectivity index (χ4n) is 2.60. The van der Waals surface area contributed by atoms with E-state index in [0.717, 1.165) is 25.0 Å². The lowest BCUT2D eigenvalue weighted by molar-refractivity contribution is 0.231. The molecule has 1 aliphatic heterocycles. The third kappa shape index (κ3) is 6.28. The summed E-state index contributed by atoms with van der Waals surface area (Å²) >= 11 is 0. The molecule has 1 atom stereocenters. The summed E-state index contributed by atoms with van der Waals surface area (Å²) in [6.07, 6.45) is 2.61. The lowest BCUT2D eigenvalue weighted by atomic mass is 10.2. The van der Waals surface area contributed by atoms with Gasteiger partial charge in [0.25, 0.3) is 0 Å². The van der Waals surface area contributed by atoms with Crippen molar-refractivity contribution in [2.24, 2.45) is 10.9 Å². The molecule has 0 bridgehead atoms. The minimum Gasteiger partial charge on any atom is -0.357 e. The fraction of sp³-hybridized carbons (Fsp3) is 0.933. The molecule has 1 saturated heterocycles. The smallest absolute Gasteiger partial charge is 0.191 e. The first-order chi connectivity index (χ1) is 9.02. The first-order valence-electron chi connectivity index (χ1n) is 7.81. The highest BCUT2D eigenvalue weighted by atomic mass is 15.2. The Bertz CT molecular complexity index is 273. The molecular weight excluding hydrogens is 236 g/mol. The van der Waals surface area contributed by atoms with E-state index in [1.807, 2.05) is 0 Å². The number of guanidine groups is 1. The number of likely N-dealkylation sites (tertiary alicyclic amines) is 1. The van der Waals surface area contributed by atoms with Crippen LogP contribution in [0.5, 0.6) is 0 Å². The number of hydrogen-bond donors (Lipinski definition) is 2. The monoisotopic (exact) mass is 268 g/mol. The maximum absolute atomic E-state index is 4.75. The zero-order chi connectivity index (χ0) is 14.3. The van der Waals surface area contributed by atoms with E-state index in [0.29, 0.717) is 12.1 Å². The molecule has 0 aromatic rings. The Labute approximate surface area is 119 Å². The van der Waals surface area contributed by atoms with E-state index >= 15 is 0 Å². The summed E-state index contributed by atoms with van der Waals surface area (Å²) in [4.78, 5) is 7.35. The van der Waals surface area contributed by atoms with Gasteiger partial charge in [-0.1, -0.05) is 13.8 Å². The highest BCUT2D eigenvalue weighted by molar-refractivity contribution is 5.80. The number of aliphatic imine (C=N–C) groups is 1. The fourth-order valence-corrected chi connectivity index (χ4v) is 2.60. The summed E-state index contributed by atoms with van der Waals surface area (Å²) < 4.78 is 0. The summed E-state index contributed by atoms with van der Waals surface area (Å²) in [7, 11) is 0. The second-order valence-corrected chi connectivity index (χ2v) is 6.20. The molecule has 4 nitrogen and oxygen atoms in total. The van der Waals surface area contributed by atoms with Crippen molar-refractivity contribution in [3.05, 3.63) is 0 Å². The van der Waals surface area contributed by atoms with Crippen molar-refractivity contribution < 1.29 is 0 Å². The van der Waals surface area contributed by atoms with Crippen LogP contribution in [0.4, 0.5) is 0 Å². The third-order valence-electron chi connectivity index (χ3n) is 3.33. The molecule has 112 valence electrons. The molecule has 4 heteroatoms. The Morgan fingerprint density at radius 1 is 1.32 bits per heavy atom. The molecule has 1 rings (SSSR count). The quantitative estimate of drug-likeness (QED) is 0.572. The number of nitrogens with zero attached hydrogens (tertiary/aromatic N) is 2. The van der Waals surface area contributed by atoms with E-state index in [1.165, 1.54) is 25.9 Å². The van der Waals surface area contributed by atoms with Crippen LogP contribution in [0.3, 0.4) is 0 Å². The summed E-state index contributed by atoms with van der Waals surface area (Å²) in [5, 5.41) is 6.69. The van der Waals surface area contributed by atoms with Gasteiger partial charge in [-0.15, -0.1) is 0 Å². The molecule has 19 heavy (non-hydrogen) atoms. The molecule has 0 aliphatic carbocycles. The Morgan fingerprint density at radius 2 is 2.05 bits per heavy atom. The molecule has 1 heterocycles. The predicted octanol–water partition coefficient (Wildman–Crippen LogP) is 2.07. The Morgan fingerprint density at radius 3 is 2.63 bits per heavy atom. The molecule has 0 spiro atoms. The molecular formula is C15H32N4. The van der Waals surface area contributed by atoms with Gasteiger partial charge in [-0.2, -0.15) is 0 Å². The lowest BCUT2D eigenvalue weighted by Gasteiger charge is -2.25. The van der Waals surface area contributed by atoms with Crippen LogP contribution >= 0.6 is 0 Å². The SMILES string of the molecule is CCNC(=NC[C@H]1CCCN1CC(C)C)NC(C)C. The molecule has 0 unspecified atom stereocenters. The van der Waals surface area contributed by atoms with Crippen molar-refractivity contribution >= 4 is 5.96 Å². The predicted molar refractivity (Wildman–Crippen MR) is 83.7 cm³/mol. The molecule has 0 radical (unpaired) electrons. The van der Waals surface area contributed by atoms with Crippen LogP contribution in [0.25, 0.3) is 0 Å². The zero-order valence-electron chi connectivity index (χ0n) is 13.4.